The first-order valence-corrected chi connectivity index (χ1v) is 7.93. The SMILES string of the molecule is C[C@@H](NC(=O)COc1ccccc1)C(=O)NC1CCCCC1. The highest BCUT2D eigenvalue weighted by molar-refractivity contribution is 5.87. The second kappa shape index (κ2) is 8.41. The largest absolute Gasteiger partial charge is 0.484 e. The molecule has 0 aliphatic heterocycles. The predicted octanol–water partition coefficient (Wildman–Crippen LogP) is 2.02. The molecule has 120 valence electrons. The van der Waals surface area contributed by atoms with Crippen molar-refractivity contribution >= 4 is 11.8 Å². The lowest BCUT2D eigenvalue weighted by atomic mass is 9.95. The minimum Gasteiger partial charge on any atom is -0.484 e. The molecule has 1 fully saturated rings. The van der Waals surface area contributed by atoms with Gasteiger partial charge in [0.1, 0.15) is 11.8 Å². The maximum atomic E-state index is 12.1. The molecule has 1 aliphatic rings. The molecule has 2 rings (SSSR count). The Hall–Kier alpha value is -2.04. The third-order valence-electron chi connectivity index (χ3n) is 3.84. The molecule has 0 unspecified atom stereocenters. The smallest absolute Gasteiger partial charge is 0.258 e. The van der Waals surface area contributed by atoms with Crippen LogP contribution >= 0.6 is 0 Å². The van der Waals surface area contributed by atoms with Gasteiger partial charge in [-0.1, -0.05) is 37.5 Å². The van der Waals surface area contributed by atoms with Gasteiger partial charge in [0.15, 0.2) is 6.61 Å². The molecule has 22 heavy (non-hydrogen) atoms. The van der Waals surface area contributed by atoms with Gasteiger partial charge in [-0.05, 0) is 31.9 Å². The molecule has 2 N–H and O–H groups in total. The van der Waals surface area contributed by atoms with E-state index in [0.29, 0.717) is 5.75 Å². The minimum atomic E-state index is -0.547. The highest BCUT2D eigenvalue weighted by atomic mass is 16.5. The lowest BCUT2D eigenvalue weighted by Crippen LogP contribution is -2.49. The van der Waals surface area contributed by atoms with E-state index in [4.69, 9.17) is 4.74 Å². The summed E-state index contributed by atoms with van der Waals surface area (Å²) in [5.41, 5.74) is 0. The molecule has 1 atom stereocenters. The molecule has 0 heterocycles. The fraction of sp³-hybridized carbons (Fsp3) is 0.529. The third-order valence-corrected chi connectivity index (χ3v) is 3.84. The monoisotopic (exact) mass is 304 g/mol. The third kappa shape index (κ3) is 5.39. The zero-order valence-corrected chi connectivity index (χ0v) is 13.0. The van der Waals surface area contributed by atoms with Crippen molar-refractivity contribution < 1.29 is 14.3 Å². The van der Waals surface area contributed by atoms with E-state index in [0.717, 1.165) is 25.7 Å². The maximum Gasteiger partial charge on any atom is 0.258 e. The van der Waals surface area contributed by atoms with Crippen LogP contribution in [0.15, 0.2) is 30.3 Å². The van der Waals surface area contributed by atoms with Gasteiger partial charge in [0, 0.05) is 6.04 Å². The second-order valence-corrected chi connectivity index (χ2v) is 5.73. The Kier molecular flexibility index (Phi) is 6.25. The molecule has 0 bridgehead atoms. The van der Waals surface area contributed by atoms with Gasteiger partial charge in [0.25, 0.3) is 5.91 Å². The Balaban J connectivity index is 1.69. The number of ether oxygens (including phenoxy) is 1. The number of para-hydroxylation sites is 1. The van der Waals surface area contributed by atoms with Crippen LogP contribution in [0.5, 0.6) is 5.75 Å². The van der Waals surface area contributed by atoms with E-state index in [1.165, 1.54) is 6.42 Å². The van der Waals surface area contributed by atoms with Gasteiger partial charge >= 0.3 is 0 Å². The average molecular weight is 304 g/mol. The van der Waals surface area contributed by atoms with E-state index in [2.05, 4.69) is 10.6 Å². The average Bonchev–Trinajstić information content (AvgIpc) is 2.55. The zero-order valence-electron chi connectivity index (χ0n) is 13.0. The first kappa shape index (κ1) is 16.3. The minimum absolute atomic E-state index is 0.0922. The summed E-state index contributed by atoms with van der Waals surface area (Å²) in [7, 11) is 0. The van der Waals surface area contributed by atoms with Gasteiger partial charge in [-0.3, -0.25) is 9.59 Å². The topological polar surface area (TPSA) is 67.4 Å². The van der Waals surface area contributed by atoms with E-state index >= 15 is 0 Å². The Morgan fingerprint density at radius 1 is 1.18 bits per heavy atom. The molecule has 1 aromatic rings. The summed E-state index contributed by atoms with van der Waals surface area (Å²) in [5, 5.41) is 5.67. The Morgan fingerprint density at radius 2 is 1.86 bits per heavy atom. The number of benzene rings is 1. The summed E-state index contributed by atoms with van der Waals surface area (Å²) >= 11 is 0. The van der Waals surface area contributed by atoms with E-state index in [-0.39, 0.29) is 24.5 Å². The van der Waals surface area contributed by atoms with Crippen molar-refractivity contribution in [1.29, 1.82) is 0 Å². The lowest BCUT2D eigenvalue weighted by Gasteiger charge is -2.24. The van der Waals surface area contributed by atoms with Gasteiger partial charge in [-0.2, -0.15) is 0 Å². The van der Waals surface area contributed by atoms with Crippen LogP contribution in [0.4, 0.5) is 0 Å². The lowest BCUT2D eigenvalue weighted by molar-refractivity contribution is -0.130. The van der Waals surface area contributed by atoms with Crippen LogP contribution in [-0.4, -0.2) is 30.5 Å². The van der Waals surface area contributed by atoms with Crippen LogP contribution in [0.3, 0.4) is 0 Å². The van der Waals surface area contributed by atoms with E-state index in [9.17, 15) is 9.59 Å². The second-order valence-electron chi connectivity index (χ2n) is 5.73. The van der Waals surface area contributed by atoms with Crippen molar-refractivity contribution in [3.05, 3.63) is 30.3 Å². The Bertz CT molecular complexity index is 484. The standard InChI is InChI=1S/C17H24N2O3/c1-13(17(21)19-14-8-4-2-5-9-14)18-16(20)12-22-15-10-6-3-7-11-15/h3,6-7,10-11,13-14H,2,4-5,8-9,12H2,1H3,(H,18,20)(H,19,21)/t13-/m1/s1. The Labute approximate surface area is 131 Å². The molecule has 5 nitrogen and oxygen atoms in total. The summed E-state index contributed by atoms with van der Waals surface area (Å²) in [6.45, 7) is 1.60. The molecule has 0 saturated heterocycles. The van der Waals surface area contributed by atoms with Crippen LogP contribution in [0.25, 0.3) is 0 Å². The first-order valence-electron chi connectivity index (χ1n) is 7.93. The fourth-order valence-corrected chi connectivity index (χ4v) is 2.59. The normalized spacial score (nSPS) is 16.6. The molecule has 1 aliphatic carbocycles. The molecular formula is C17H24N2O3. The van der Waals surface area contributed by atoms with Crippen LogP contribution < -0.4 is 15.4 Å². The van der Waals surface area contributed by atoms with Crippen molar-refractivity contribution in [2.24, 2.45) is 0 Å². The molecule has 1 aromatic carbocycles. The molecule has 0 radical (unpaired) electrons. The number of amides is 2. The number of nitrogens with one attached hydrogen (secondary N) is 2. The molecule has 5 heteroatoms. The van der Waals surface area contributed by atoms with E-state index < -0.39 is 6.04 Å². The van der Waals surface area contributed by atoms with Crippen molar-refractivity contribution in [2.75, 3.05) is 6.61 Å². The number of hydrogen-bond donors (Lipinski definition) is 2. The summed E-state index contributed by atoms with van der Waals surface area (Å²) in [6, 6.07) is 8.83. The van der Waals surface area contributed by atoms with E-state index in [1.54, 1.807) is 19.1 Å². The van der Waals surface area contributed by atoms with Crippen LogP contribution in [-0.2, 0) is 9.59 Å². The van der Waals surface area contributed by atoms with Crippen LogP contribution in [0, 0.1) is 0 Å². The number of carbonyl (C=O) groups excluding carboxylic acids is 2. The number of rotatable bonds is 6. The van der Waals surface area contributed by atoms with Gasteiger partial charge in [-0.15, -0.1) is 0 Å². The fourth-order valence-electron chi connectivity index (χ4n) is 2.59. The predicted molar refractivity (Wildman–Crippen MR) is 84.6 cm³/mol. The molecule has 1 saturated carbocycles. The van der Waals surface area contributed by atoms with Gasteiger partial charge in [0.05, 0.1) is 0 Å². The first-order chi connectivity index (χ1) is 10.6. The zero-order chi connectivity index (χ0) is 15.8. The summed E-state index contributed by atoms with van der Waals surface area (Å²) in [4.78, 5) is 23.9. The molecule has 2 amide bonds. The van der Waals surface area contributed by atoms with Gasteiger partial charge in [-0.25, -0.2) is 0 Å². The summed E-state index contributed by atoms with van der Waals surface area (Å²) in [6.07, 6.45) is 5.63. The van der Waals surface area contributed by atoms with E-state index in [1.807, 2.05) is 18.2 Å². The van der Waals surface area contributed by atoms with Crippen molar-refractivity contribution in [3.63, 3.8) is 0 Å². The van der Waals surface area contributed by atoms with Crippen LogP contribution in [0.1, 0.15) is 39.0 Å². The summed E-state index contributed by atoms with van der Waals surface area (Å²) < 4.78 is 5.35. The molecule has 0 spiro atoms. The van der Waals surface area contributed by atoms with Crippen molar-refractivity contribution in [2.45, 2.75) is 51.1 Å². The van der Waals surface area contributed by atoms with Gasteiger partial charge < -0.3 is 15.4 Å². The quantitative estimate of drug-likeness (QED) is 0.845. The van der Waals surface area contributed by atoms with Crippen LogP contribution in [0.2, 0.25) is 0 Å². The van der Waals surface area contributed by atoms with Gasteiger partial charge in [0.2, 0.25) is 5.91 Å². The molecular weight excluding hydrogens is 280 g/mol. The summed E-state index contributed by atoms with van der Waals surface area (Å²) in [5.74, 6) is 0.215. The highest BCUT2D eigenvalue weighted by Crippen LogP contribution is 2.17. The Morgan fingerprint density at radius 3 is 2.55 bits per heavy atom. The molecule has 0 aromatic heterocycles. The number of carbonyl (C=O) groups is 2. The van der Waals surface area contributed by atoms with Crippen molar-refractivity contribution in [1.82, 2.24) is 10.6 Å². The highest BCUT2D eigenvalue weighted by Gasteiger charge is 2.20. The van der Waals surface area contributed by atoms with Crippen molar-refractivity contribution in [3.8, 4) is 5.75 Å². The maximum absolute atomic E-state index is 12.1. The number of hydrogen-bond acceptors (Lipinski definition) is 3.